The quantitative estimate of drug-likeness (QED) is 0.662. The number of hydrogen-bond acceptors (Lipinski definition) is 3. The van der Waals surface area contributed by atoms with Crippen molar-refractivity contribution in [2.75, 3.05) is 24.2 Å². The van der Waals surface area contributed by atoms with Crippen molar-refractivity contribution in [1.29, 1.82) is 5.26 Å². The molecule has 3 heteroatoms. The summed E-state index contributed by atoms with van der Waals surface area (Å²) in [6, 6.07) is 10.1. The Morgan fingerprint density at radius 1 is 1.25 bits per heavy atom. The molecule has 0 N–H and O–H groups in total. The van der Waals surface area contributed by atoms with Gasteiger partial charge in [-0.15, -0.1) is 0 Å². The summed E-state index contributed by atoms with van der Waals surface area (Å²) >= 11 is 4.64. The Labute approximate surface area is 128 Å². The first-order chi connectivity index (χ1) is 9.69. The number of hydrogen-bond donors (Lipinski definition) is 1. The Bertz CT molecular complexity index is 470. The van der Waals surface area contributed by atoms with Crippen LogP contribution in [-0.4, -0.2) is 19.3 Å². The first-order valence-electron chi connectivity index (χ1n) is 7.51. The number of nitrogens with zero attached hydrogens (tertiary/aromatic N) is 2. The topological polar surface area (TPSA) is 27.0 Å². The molecule has 2 nitrogen and oxygen atoms in total. The Morgan fingerprint density at radius 2 is 1.95 bits per heavy atom. The van der Waals surface area contributed by atoms with E-state index in [2.05, 4.69) is 36.7 Å². The van der Waals surface area contributed by atoms with Crippen molar-refractivity contribution in [3.63, 3.8) is 0 Å². The zero-order valence-electron chi connectivity index (χ0n) is 12.3. The van der Waals surface area contributed by atoms with Gasteiger partial charge >= 0.3 is 0 Å². The van der Waals surface area contributed by atoms with Crippen LogP contribution in [0.1, 0.15) is 44.1 Å². The molecule has 1 aromatic rings. The fourth-order valence-corrected chi connectivity index (χ4v) is 3.67. The normalized spacial score (nSPS) is 18.1. The SMILES string of the molecule is CN(CC1(CS)CCCCCC1)c1cccc(C#N)c1. The van der Waals surface area contributed by atoms with Gasteiger partial charge in [-0.25, -0.2) is 0 Å². The van der Waals surface area contributed by atoms with Gasteiger partial charge in [-0.05, 0) is 42.2 Å². The zero-order chi connectivity index (χ0) is 14.4. The number of nitriles is 1. The van der Waals surface area contributed by atoms with Crippen LogP contribution in [0.4, 0.5) is 5.69 Å². The van der Waals surface area contributed by atoms with Gasteiger partial charge < -0.3 is 4.90 Å². The van der Waals surface area contributed by atoms with Crippen LogP contribution in [0.5, 0.6) is 0 Å². The van der Waals surface area contributed by atoms with Crippen LogP contribution >= 0.6 is 12.6 Å². The van der Waals surface area contributed by atoms with Gasteiger partial charge in [0.05, 0.1) is 11.6 Å². The predicted molar refractivity (Wildman–Crippen MR) is 88.4 cm³/mol. The fourth-order valence-electron chi connectivity index (χ4n) is 3.25. The highest BCUT2D eigenvalue weighted by molar-refractivity contribution is 7.80. The fraction of sp³-hybridized carbons (Fsp3) is 0.588. The second-order valence-electron chi connectivity index (χ2n) is 6.09. The van der Waals surface area contributed by atoms with Crippen molar-refractivity contribution in [3.05, 3.63) is 29.8 Å². The second-order valence-corrected chi connectivity index (χ2v) is 6.41. The maximum absolute atomic E-state index is 9.02. The number of thiol groups is 1. The molecule has 0 bridgehead atoms. The lowest BCUT2D eigenvalue weighted by atomic mass is 9.81. The summed E-state index contributed by atoms with van der Waals surface area (Å²) in [7, 11) is 2.13. The molecule has 0 aliphatic heterocycles. The van der Waals surface area contributed by atoms with Crippen molar-refractivity contribution >= 4 is 18.3 Å². The Balaban J connectivity index is 2.11. The van der Waals surface area contributed by atoms with Gasteiger partial charge in [-0.2, -0.15) is 17.9 Å². The molecule has 0 spiro atoms. The van der Waals surface area contributed by atoms with E-state index in [1.54, 1.807) is 0 Å². The average Bonchev–Trinajstić information content (AvgIpc) is 2.73. The van der Waals surface area contributed by atoms with E-state index < -0.39 is 0 Å². The number of anilines is 1. The summed E-state index contributed by atoms with van der Waals surface area (Å²) in [4.78, 5) is 2.29. The molecule has 0 radical (unpaired) electrons. The Kier molecular flexibility index (Phi) is 5.37. The van der Waals surface area contributed by atoms with Gasteiger partial charge in [0.2, 0.25) is 0 Å². The smallest absolute Gasteiger partial charge is 0.0992 e. The first kappa shape index (κ1) is 15.3. The summed E-state index contributed by atoms with van der Waals surface area (Å²) in [6.07, 6.45) is 7.93. The van der Waals surface area contributed by atoms with Gasteiger partial charge in [0.1, 0.15) is 0 Å². The van der Waals surface area contributed by atoms with E-state index in [1.165, 1.54) is 38.5 Å². The number of rotatable bonds is 4. The third-order valence-corrected chi connectivity index (χ3v) is 5.16. The minimum atomic E-state index is 0.330. The first-order valence-corrected chi connectivity index (χ1v) is 8.14. The highest BCUT2D eigenvalue weighted by Crippen LogP contribution is 2.37. The van der Waals surface area contributed by atoms with Crippen molar-refractivity contribution in [2.45, 2.75) is 38.5 Å². The zero-order valence-corrected chi connectivity index (χ0v) is 13.2. The lowest BCUT2D eigenvalue weighted by molar-refractivity contribution is 0.293. The molecule has 108 valence electrons. The van der Waals surface area contributed by atoms with Crippen LogP contribution in [0.15, 0.2) is 24.3 Å². The molecule has 1 fully saturated rings. The monoisotopic (exact) mass is 288 g/mol. The molecular formula is C17H24N2S. The molecule has 1 aliphatic carbocycles. The molecule has 0 unspecified atom stereocenters. The Hall–Kier alpha value is -1.14. The van der Waals surface area contributed by atoms with Crippen molar-refractivity contribution in [2.24, 2.45) is 5.41 Å². The lowest BCUT2D eigenvalue weighted by Crippen LogP contribution is -2.37. The third kappa shape index (κ3) is 3.70. The van der Waals surface area contributed by atoms with Crippen LogP contribution < -0.4 is 4.90 Å². The Morgan fingerprint density at radius 3 is 2.55 bits per heavy atom. The molecule has 1 saturated carbocycles. The summed E-state index contributed by atoms with van der Waals surface area (Å²) in [5.74, 6) is 0.954. The molecule has 1 aliphatic rings. The third-order valence-electron chi connectivity index (χ3n) is 4.49. The van der Waals surface area contributed by atoms with E-state index in [0.29, 0.717) is 5.41 Å². The van der Waals surface area contributed by atoms with E-state index in [9.17, 15) is 0 Å². The summed E-state index contributed by atoms with van der Waals surface area (Å²) in [6.45, 7) is 1.03. The molecule has 0 atom stereocenters. The number of benzene rings is 1. The second kappa shape index (κ2) is 7.04. The molecule has 1 aromatic carbocycles. The average molecular weight is 288 g/mol. The van der Waals surface area contributed by atoms with E-state index in [4.69, 9.17) is 5.26 Å². The molecule has 2 rings (SSSR count). The minimum absolute atomic E-state index is 0.330. The minimum Gasteiger partial charge on any atom is -0.374 e. The predicted octanol–water partition coefficient (Wildman–Crippen LogP) is 4.26. The van der Waals surface area contributed by atoms with E-state index >= 15 is 0 Å². The highest BCUT2D eigenvalue weighted by Gasteiger charge is 2.31. The summed E-state index contributed by atoms with van der Waals surface area (Å²) in [5.41, 5.74) is 2.20. The maximum Gasteiger partial charge on any atom is 0.0992 e. The van der Waals surface area contributed by atoms with Gasteiger partial charge in [0, 0.05) is 19.3 Å². The lowest BCUT2D eigenvalue weighted by Gasteiger charge is -2.36. The van der Waals surface area contributed by atoms with Crippen LogP contribution in [0, 0.1) is 16.7 Å². The van der Waals surface area contributed by atoms with E-state index in [0.717, 1.165) is 23.5 Å². The highest BCUT2D eigenvalue weighted by atomic mass is 32.1. The van der Waals surface area contributed by atoms with Crippen molar-refractivity contribution < 1.29 is 0 Å². The van der Waals surface area contributed by atoms with E-state index in [1.807, 2.05) is 18.2 Å². The van der Waals surface area contributed by atoms with Gasteiger partial charge in [0.15, 0.2) is 0 Å². The van der Waals surface area contributed by atoms with Gasteiger partial charge in [0.25, 0.3) is 0 Å². The summed E-state index contributed by atoms with van der Waals surface area (Å²) < 4.78 is 0. The maximum atomic E-state index is 9.02. The van der Waals surface area contributed by atoms with Crippen LogP contribution in [0.3, 0.4) is 0 Å². The van der Waals surface area contributed by atoms with Crippen LogP contribution in [0.25, 0.3) is 0 Å². The van der Waals surface area contributed by atoms with Crippen molar-refractivity contribution in [1.82, 2.24) is 0 Å². The molecule has 20 heavy (non-hydrogen) atoms. The van der Waals surface area contributed by atoms with Crippen molar-refractivity contribution in [3.8, 4) is 6.07 Å². The summed E-state index contributed by atoms with van der Waals surface area (Å²) in [5, 5.41) is 9.02. The van der Waals surface area contributed by atoms with E-state index in [-0.39, 0.29) is 0 Å². The molecule has 0 heterocycles. The van der Waals surface area contributed by atoms with Crippen LogP contribution in [-0.2, 0) is 0 Å². The molecule has 0 saturated heterocycles. The van der Waals surface area contributed by atoms with Gasteiger partial charge in [-0.3, -0.25) is 0 Å². The molecule has 0 aromatic heterocycles. The standard InChI is InChI=1S/C17H24N2S/c1-19(16-8-6-7-15(11-16)12-18)13-17(14-20)9-4-2-3-5-10-17/h6-8,11,20H,2-5,9-10,13-14H2,1H3. The molecular weight excluding hydrogens is 264 g/mol. The van der Waals surface area contributed by atoms with Crippen LogP contribution in [0.2, 0.25) is 0 Å². The molecule has 0 amide bonds. The largest absolute Gasteiger partial charge is 0.374 e. The van der Waals surface area contributed by atoms with Gasteiger partial charge in [-0.1, -0.05) is 31.7 Å².